The average Bonchev–Trinajstić information content (AvgIpc) is 2.90. The van der Waals surface area contributed by atoms with Crippen LogP contribution in [0.3, 0.4) is 0 Å². The molecule has 6 nitrogen and oxygen atoms in total. The number of piperidine rings is 1. The second-order valence-electron chi connectivity index (χ2n) is 6.67. The van der Waals surface area contributed by atoms with E-state index in [0.29, 0.717) is 24.5 Å². The van der Waals surface area contributed by atoms with Crippen molar-refractivity contribution in [2.45, 2.75) is 43.9 Å². The Bertz CT molecular complexity index is 774. The molecule has 25 heavy (non-hydrogen) atoms. The number of fused-ring (bicyclic) bond motifs is 1. The van der Waals surface area contributed by atoms with Gasteiger partial charge in [-0.3, -0.25) is 4.79 Å². The van der Waals surface area contributed by atoms with Crippen molar-refractivity contribution in [3.8, 4) is 0 Å². The zero-order valence-corrected chi connectivity index (χ0v) is 15.4. The maximum Gasteiger partial charge on any atom is 0.285 e. The summed E-state index contributed by atoms with van der Waals surface area (Å²) >= 11 is 0. The van der Waals surface area contributed by atoms with Crippen LogP contribution >= 0.6 is 0 Å². The maximum atomic E-state index is 12.4. The molecule has 0 aromatic heterocycles. The van der Waals surface area contributed by atoms with Crippen molar-refractivity contribution in [1.82, 2.24) is 10.2 Å². The van der Waals surface area contributed by atoms with Gasteiger partial charge in [-0.2, -0.15) is 8.42 Å². The number of amidine groups is 1. The smallest absolute Gasteiger partial charge is 0.285 e. The lowest BCUT2D eigenvalue weighted by Gasteiger charge is -2.33. The molecule has 1 saturated heterocycles. The summed E-state index contributed by atoms with van der Waals surface area (Å²) in [5.41, 5.74) is 0.645. The largest absolute Gasteiger partial charge is 0.356 e. The highest BCUT2D eigenvalue weighted by atomic mass is 32.2. The van der Waals surface area contributed by atoms with E-state index in [1.165, 1.54) is 0 Å². The molecule has 2 aliphatic rings. The molecular weight excluding hydrogens is 338 g/mol. The molecule has 1 fully saturated rings. The summed E-state index contributed by atoms with van der Waals surface area (Å²) in [7, 11) is -3.62. The van der Waals surface area contributed by atoms with Gasteiger partial charge in [-0.05, 0) is 31.4 Å². The van der Waals surface area contributed by atoms with E-state index in [1.807, 2.05) is 11.0 Å². The predicted octanol–water partition coefficient (Wildman–Crippen LogP) is 2.15. The van der Waals surface area contributed by atoms with Gasteiger partial charge < -0.3 is 10.2 Å². The number of carbonyl (C=O) groups is 1. The fourth-order valence-electron chi connectivity index (χ4n) is 3.43. The number of hydrogen-bond donors (Lipinski definition) is 1. The number of unbranched alkanes of at least 4 members (excludes halogenated alkanes) is 2. The Balaban J connectivity index is 1.69. The second kappa shape index (κ2) is 7.56. The standard InChI is InChI=1S/C18H25N3O3S/c1-2-3-6-11-19-18(22)14-8-7-12-21(13-14)17-15-9-4-5-10-16(15)25(23,24)20-17/h4-5,9-10,14H,2-3,6-8,11-13H2,1H3,(H,19,22)/t14-/m0/s1. The van der Waals surface area contributed by atoms with Crippen molar-refractivity contribution in [3.63, 3.8) is 0 Å². The number of hydrogen-bond acceptors (Lipinski definition) is 4. The van der Waals surface area contributed by atoms with Crippen molar-refractivity contribution in [2.75, 3.05) is 19.6 Å². The molecule has 1 amide bonds. The zero-order chi connectivity index (χ0) is 17.9. The molecule has 7 heteroatoms. The fourth-order valence-corrected chi connectivity index (χ4v) is 4.66. The van der Waals surface area contributed by atoms with Gasteiger partial charge in [-0.25, -0.2) is 0 Å². The average molecular weight is 363 g/mol. The van der Waals surface area contributed by atoms with Gasteiger partial charge in [-0.1, -0.05) is 31.9 Å². The van der Waals surface area contributed by atoms with Crippen LogP contribution in [0.5, 0.6) is 0 Å². The van der Waals surface area contributed by atoms with Crippen molar-refractivity contribution in [3.05, 3.63) is 29.8 Å². The Morgan fingerprint density at radius 2 is 2.12 bits per heavy atom. The van der Waals surface area contributed by atoms with Gasteiger partial charge >= 0.3 is 0 Å². The molecule has 1 aromatic rings. The monoisotopic (exact) mass is 363 g/mol. The third-order valence-corrected chi connectivity index (χ3v) is 6.11. The number of benzene rings is 1. The molecule has 1 N–H and O–H groups in total. The number of rotatable bonds is 5. The third kappa shape index (κ3) is 3.86. The van der Waals surface area contributed by atoms with Crippen LogP contribution in [-0.2, 0) is 14.8 Å². The van der Waals surface area contributed by atoms with Crippen LogP contribution in [0, 0.1) is 5.92 Å². The Morgan fingerprint density at radius 3 is 2.92 bits per heavy atom. The van der Waals surface area contributed by atoms with E-state index < -0.39 is 10.0 Å². The fraction of sp³-hybridized carbons (Fsp3) is 0.556. The number of carbonyl (C=O) groups excluding carboxylic acids is 1. The van der Waals surface area contributed by atoms with Gasteiger partial charge in [0.2, 0.25) is 5.91 Å². The van der Waals surface area contributed by atoms with Crippen molar-refractivity contribution < 1.29 is 13.2 Å². The highest BCUT2D eigenvalue weighted by molar-refractivity contribution is 7.90. The van der Waals surface area contributed by atoms with Gasteiger partial charge in [0.05, 0.1) is 5.92 Å². The molecule has 0 radical (unpaired) electrons. The first-order valence-electron chi connectivity index (χ1n) is 9.00. The minimum atomic E-state index is -3.62. The first-order valence-corrected chi connectivity index (χ1v) is 10.4. The quantitative estimate of drug-likeness (QED) is 0.813. The number of amides is 1. The molecule has 0 saturated carbocycles. The van der Waals surface area contributed by atoms with Crippen LogP contribution in [0.2, 0.25) is 0 Å². The molecule has 2 aliphatic heterocycles. The minimum Gasteiger partial charge on any atom is -0.356 e. The van der Waals surface area contributed by atoms with Crippen LogP contribution < -0.4 is 5.32 Å². The zero-order valence-electron chi connectivity index (χ0n) is 14.6. The lowest BCUT2D eigenvalue weighted by molar-refractivity contribution is -0.126. The normalized spacial score (nSPS) is 21.6. The van der Waals surface area contributed by atoms with E-state index in [2.05, 4.69) is 16.6 Å². The molecule has 136 valence electrons. The predicted molar refractivity (Wildman–Crippen MR) is 97.0 cm³/mol. The van der Waals surface area contributed by atoms with Crippen LogP contribution in [0.25, 0.3) is 0 Å². The summed E-state index contributed by atoms with van der Waals surface area (Å²) in [6.45, 7) is 4.08. The summed E-state index contributed by atoms with van der Waals surface area (Å²) in [6.07, 6.45) is 4.92. The van der Waals surface area contributed by atoms with Crippen molar-refractivity contribution in [1.29, 1.82) is 0 Å². The molecule has 0 spiro atoms. The minimum absolute atomic E-state index is 0.0653. The Kier molecular flexibility index (Phi) is 5.42. The van der Waals surface area contributed by atoms with Gasteiger partial charge in [0.15, 0.2) is 5.84 Å². The summed E-state index contributed by atoms with van der Waals surface area (Å²) in [5.74, 6) is 0.433. The third-order valence-electron chi connectivity index (χ3n) is 4.78. The van der Waals surface area contributed by atoms with E-state index in [4.69, 9.17) is 0 Å². The Hall–Kier alpha value is -1.89. The molecule has 0 unspecified atom stereocenters. The highest BCUT2D eigenvalue weighted by Gasteiger charge is 2.35. The molecule has 1 atom stereocenters. The lowest BCUT2D eigenvalue weighted by Crippen LogP contribution is -2.45. The Morgan fingerprint density at radius 1 is 1.32 bits per heavy atom. The second-order valence-corrected chi connectivity index (χ2v) is 8.24. The molecule has 0 bridgehead atoms. The molecule has 2 heterocycles. The highest BCUT2D eigenvalue weighted by Crippen LogP contribution is 2.29. The van der Waals surface area contributed by atoms with Gasteiger partial charge in [0.25, 0.3) is 10.0 Å². The topological polar surface area (TPSA) is 78.8 Å². The van der Waals surface area contributed by atoms with Gasteiger partial charge in [-0.15, -0.1) is 4.40 Å². The van der Waals surface area contributed by atoms with E-state index >= 15 is 0 Å². The Labute approximate surface area is 149 Å². The van der Waals surface area contributed by atoms with Crippen molar-refractivity contribution in [2.24, 2.45) is 10.3 Å². The SMILES string of the molecule is CCCCCNC(=O)[C@H]1CCCN(C2=NS(=O)(=O)c3ccccc32)C1. The lowest BCUT2D eigenvalue weighted by atomic mass is 9.96. The van der Waals surface area contributed by atoms with E-state index in [1.54, 1.807) is 18.2 Å². The molecular formula is C18H25N3O3S. The number of nitrogens with one attached hydrogen (secondary N) is 1. The van der Waals surface area contributed by atoms with Gasteiger partial charge in [0, 0.05) is 25.2 Å². The summed E-state index contributed by atoms with van der Waals surface area (Å²) < 4.78 is 28.4. The van der Waals surface area contributed by atoms with Gasteiger partial charge in [0.1, 0.15) is 4.90 Å². The first-order chi connectivity index (χ1) is 12.0. The number of sulfonamides is 1. The summed E-state index contributed by atoms with van der Waals surface area (Å²) in [4.78, 5) is 14.6. The van der Waals surface area contributed by atoms with Crippen LogP contribution in [-0.4, -0.2) is 44.7 Å². The van der Waals surface area contributed by atoms with Crippen LogP contribution in [0.15, 0.2) is 33.6 Å². The van der Waals surface area contributed by atoms with Crippen LogP contribution in [0.4, 0.5) is 0 Å². The van der Waals surface area contributed by atoms with Crippen molar-refractivity contribution >= 4 is 21.8 Å². The number of nitrogens with zero attached hydrogens (tertiary/aromatic N) is 2. The van der Waals surface area contributed by atoms with Crippen LogP contribution in [0.1, 0.15) is 44.6 Å². The van der Waals surface area contributed by atoms with E-state index in [-0.39, 0.29) is 16.7 Å². The molecule has 3 rings (SSSR count). The maximum absolute atomic E-state index is 12.4. The van der Waals surface area contributed by atoms with E-state index in [0.717, 1.165) is 38.6 Å². The molecule has 1 aromatic carbocycles. The number of likely N-dealkylation sites (tertiary alicyclic amines) is 1. The summed E-state index contributed by atoms with van der Waals surface area (Å²) in [6, 6.07) is 6.89. The first kappa shape index (κ1) is 17.9. The van der Waals surface area contributed by atoms with E-state index in [9.17, 15) is 13.2 Å². The summed E-state index contributed by atoms with van der Waals surface area (Å²) in [5, 5.41) is 3.01. The molecule has 0 aliphatic carbocycles.